The lowest BCUT2D eigenvalue weighted by atomic mass is 10.1. The zero-order chi connectivity index (χ0) is 20.2. The molecule has 1 saturated heterocycles. The van der Waals surface area contributed by atoms with E-state index in [9.17, 15) is 22.0 Å². The van der Waals surface area contributed by atoms with Crippen LogP contribution in [0.5, 0.6) is 0 Å². The van der Waals surface area contributed by atoms with Gasteiger partial charge in [-0.05, 0) is 24.6 Å². The number of amides is 1. The largest absolute Gasteiger partial charge is 0.336 e. The van der Waals surface area contributed by atoms with Crippen molar-refractivity contribution in [3.63, 3.8) is 0 Å². The lowest BCUT2D eigenvalue weighted by Crippen LogP contribution is -2.49. The molecule has 27 heavy (non-hydrogen) atoms. The average Bonchev–Trinajstić information content (AvgIpc) is 2.62. The quantitative estimate of drug-likeness (QED) is 0.699. The maximum Gasteiger partial charge on any atom is 0.253 e. The van der Waals surface area contributed by atoms with Gasteiger partial charge < -0.3 is 4.90 Å². The molecule has 1 aromatic rings. The highest BCUT2D eigenvalue weighted by Gasteiger charge is 2.27. The summed E-state index contributed by atoms with van der Waals surface area (Å²) in [5, 5.41) is 0. The highest BCUT2D eigenvalue weighted by Crippen LogP contribution is 2.22. The van der Waals surface area contributed by atoms with Gasteiger partial charge in [0.15, 0.2) is 0 Å². The molecule has 1 heterocycles. The van der Waals surface area contributed by atoms with Crippen molar-refractivity contribution in [3.05, 3.63) is 29.3 Å². The van der Waals surface area contributed by atoms with Gasteiger partial charge >= 0.3 is 0 Å². The van der Waals surface area contributed by atoms with E-state index in [2.05, 4.69) is 0 Å². The minimum atomic E-state index is -3.67. The maximum atomic E-state index is 12.8. The van der Waals surface area contributed by atoms with Crippen LogP contribution >= 0.6 is 0 Å². The van der Waals surface area contributed by atoms with Crippen molar-refractivity contribution in [1.29, 1.82) is 0 Å². The fourth-order valence-corrected chi connectivity index (χ4v) is 4.93. The van der Waals surface area contributed by atoms with E-state index >= 15 is 0 Å². The molecular formula is C18H27F2N3O3S. The number of carbonyl (C=O) groups excluding carboxylic acids is 1. The van der Waals surface area contributed by atoms with Crippen LogP contribution in [0, 0.1) is 6.92 Å². The Morgan fingerprint density at radius 2 is 1.74 bits per heavy atom. The topological polar surface area (TPSA) is 60.9 Å². The van der Waals surface area contributed by atoms with Crippen LogP contribution in [-0.2, 0) is 10.0 Å². The van der Waals surface area contributed by atoms with Gasteiger partial charge in [-0.1, -0.05) is 19.9 Å². The third kappa shape index (κ3) is 5.03. The molecule has 1 aliphatic heterocycles. The number of alkyl halides is 2. The van der Waals surface area contributed by atoms with Gasteiger partial charge in [-0.15, -0.1) is 0 Å². The first-order valence-corrected chi connectivity index (χ1v) is 10.5. The second-order valence-electron chi connectivity index (χ2n) is 6.55. The number of aryl methyl sites for hydroxylation is 1. The van der Waals surface area contributed by atoms with E-state index in [0.717, 1.165) is 0 Å². The first-order chi connectivity index (χ1) is 12.7. The van der Waals surface area contributed by atoms with E-state index in [1.54, 1.807) is 42.7 Å². The zero-order valence-corrected chi connectivity index (χ0v) is 16.8. The smallest absolute Gasteiger partial charge is 0.253 e. The Kier molecular flexibility index (Phi) is 7.30. The van der Waals surface area contributed by atoms with E-state index < -0.39 is 16.4 Å². The van der Waals surface area contributed by atoms with Crippen LogP contribution in [0.25, 0.3) is 0 Å². The number of nitrogens with zero attached hydrogens (tertiary/aromatic N) is 3. The van der Waals surface area contributed by atoms with Gasteiger partial charge in [-0.3, -0.25) is 9.69 Å². The average molecular weight is 403 g/mol. The van der Waals surface area contributed by atoms with Crippen LogP contribution in [0.15, 0.2) is 23.1 Å². The minimum absolute atomic E-state index is 0.133. The molecule has 6 nitrogen and oxygen atoms in total. The van der Waals surface area contributed by atoms with E-state index in [1.807, 2.05) is 0 Å². The van der Waals surface area contributed by atoms with Gasteiger partial charge in [0.25, 0.3) is 12.3 Å². The molecule has 0 aromatic heterocycles. The molecule has 9 heteroatoms. The molecule has 0 unspecified atom stereocenters. The van der Waals surface area contributed by atoms with Crippen LogP contribution in [0.1, 0.15) is 29.8 Å². The monoisotopic (exact) mass is 403 g/mol. The summed E-state index contributed by atoms with van der Waals surface area (Å²) < 4.78 is 52.0. The molecule has 2 rings (SSSR count). The highest BCUT2D eigenvalue weighted by atomic mass is 32.2. The molecule has 152 valence electrons. The normalized spacial score (nSPS) is 16.3. The molecular weight excluding hydrogens is 376 g/mol. The van der Waals surface area contributed by atoms with Crippen molar-refractivity contribution in [2.45, 2.75) is 32.1 Å². The van der Waals surface area contributed by atoms with Crippen LogP contribution in [0.3, 0.4) is 0 Å². The molecule has 0 aliphatic carbocycles. The number of rotatable bonds is 7. The molecule has 0 N–H and O–H groups in total. The number of hydrogen-bond donors (Lipinski definition) is 0. The van der Waals surface area contributed by atoms with Gasteiger partial charge in [0.05, 0.1) is 11.4 Å². The minimum Gasteiger partial charge on any atom is -0.336 e. The van der Waals surface area contributed by atoms with Crippen molar-refractivity contribution in [3.8, 4) is 0 Å². The summed E-state index contributed by atoms with van der Waals surface area (Å²) in [7, 11) is -3.67. The van der Waals surface area contributed by atoms with E-state index in [4.69, 9.17) is 0 Å². The van der Waals surface area contributed by atoms with Crippen molar-refractivity contribution in [2.75, 3.05) is 45.8 Å². The number of piperazine rings is 1. The predicted molar refractivity (Wildman–Crippen MR) is 99.6 cm³/mol. The molecule has 0 spiro atoms. The Labute approximate surface area is 159 Å². The van der Waals surface area contributed by atoms with Crippen molar-refractivity contribution in [2.24, 2.45) is 0 Å². The predicted octanol–water partition coefficient (Wildman–Crippen LogP) is 2.05. The molecule has 0 atom stereocenters. The van der Waals surface area contributed by atoms with E-state index in [0.29, 0.717) is 50.4 Å². The molecule has 1 aliphatic rings. The van der Waals surface area contributed by atoms with E-state index in [-0.39, 0.29) is 17.3 Å². The summed E-state index contributed by atoms with van der Waals surface area (Å²) in [6.45, 7) is 7.10. The summed E-state index contributed by atoms with van der Waals surface area (Å²) in [6.07, 6.45) is -2.39. The fraction of sp³-hybridized carbons (Fsp3) is 0.611. The molecule has 1 fully saturated rings. The highest BCUT2D eigenvalue weighted by molar-refractivity contribution is 7.89. The lowest BCUT2D eigenvalue weighted by Gasteiger charge is -2.34. The van der Waals surface area contributed by atoms with Crippen LogP contribution in [0.2, 0.25) is 0 Å². The summed E-state index contributed by atoms with van der Waals surface area (Å²) in [5.41, 5.74) is 0.883. The third-order valence-electron chi connectivity index (χ3n) is 4.81. The maximum absolute atomic E-state index is 12.8. The number of benzene rings is 1. The Hall–Kier alpha value is -1.58. The molecule has 0 radical (unpaired) electrons. The number of carbonyl (C=O) groups is 1. The molecule has 0 saturated carbocycles. The second kappa shape index (κ2) is 9.07. The first-order valence-electron chi connectivity index (χ1n) is 9.11. The molecule has 1 aromatic carbocycles. The number of hydrogen-bond acceptors (Lipinski definition) is 4. The molecule has 0 bridgehead atoms. The summed E-state index contributed by atoms with van der Waals surface area (Å²) in [5.74, 6) is -0.275. The second-order valence-corrected chi connectivity index (χ2v) is 8.46. The summed E-state index contributed by atoms with van der Waals surface area (Å²) in [6, 6.07) is 4.68. The summed E-state index contributed by atoms with van der Waals surface area (Å²) >= 11 is 0. The van der Waals surface area contributed by atoms with Crippen molar-refractivity contribution >= 4 is 15.9 Å². The van der Waals surface area contributed by atoms with Gasteiger partial charge in [-0.25, -0.2) is 17.2 Å². The van der Waals surface area contributed by atoms with Crippen LogP contribution in [-0.4, -0.2) is 80.7 Å². The summed E-state index contributed by atoms with van der Waals surface area (Å²) in [4.78, 5) is 16.1. The number of sulfonamides is 1. The van der Waals surface area contributed by atoms with Crippen LogP contribution in [0.4, 0.5) is 8.78 Å². The van der Waals surface area contributed by atoms with Gasteiger partial charge in [0, 0.05) is 44.8 Å². The SMILES string of the molecule is CCN(CC)S(=O)(=O)c1cc(C(=O)N2CCN(CC(F)F)CC2)ccc1C. The van der Waals surface area contributed by atoms with Crippen molar-refractivity contribution < 1.29 is 22.0 Å². The Morgan fingerprint density at radius 1 is 1.15 bits per heavy atom. The van der Waals surface area contributed by atoms with Gasteiger partial charge in [0.2, 0.25) is 10.0 Å². The fourth-order valence-electron chi connectivity index (χ4n) is 3.22. The Morgan fingerprint density at radius 3 is 2.26 bits per heavy atom. The molecule has 1 amide bonds. The van der Waals surface area contributed by atoms with Gasteiger partial charge in [0.1, 0.15) is 0 Å². The Bertz CT molecular complexity index is 759. The van der Waals surface area contributed by atoms with Crippen LogP contribution < -0.4 is 0 Å². The van der Waals surface area contributed by atoms with Gasteiger partial charge in [-0.2, -0.15) is 4.31 Å². The third-order valence-corrected chi connectivity index (χ3v) is 7.01. The number of halogens is 2. The van der Waals surface area contributed by atoms with Crippen molar-refractivity contribution in [1.82, 2.24) is 14.1 Å². The zero-order valence-electron chi connectivity index (χ0n) is 16.0. The lowest BCUT2D eigenvalue weighted by molar-refractivity contribution is 0.0459. The first kappa shape index (κ1) is 21.7. The standard InChI is InChI=1S/C18H27F2N3O3S/c1-4-23(5-2)27(25,26)16-12-15(7-6-14(16)3)18(24)22-10-8-21(9-11-22)13-17(19)20/h6-7,12,17H,4-5,8-11,13H2,1-3H3. The van der Waals surface area contributed by atoms with E-state index in [1.165, 1.54) is 10.4 Å². The Balaban J connectivity index is 2.19.